The van der Waals surface area contributed by atoms with Crippen molar-refractivity contribution in [2.75, 3.05) is 6.54 Å². The summed E-state index contributed by atoms with van der Waals surface area (Å²) in [4.78, 5) is 0. The minimum atomic E-state index is 0.710. The summed E-state index contributed by atoms with van der Waals surface area (Å²) < 4.78 is 0. The van der Waals surface area contributed by atoms with E-state index in [1.54, 1.807) is 0 Å². The standard InChI is InChI=1S/C12H23N/c1-10(2)8-9-13-11(3)12-6-4-5-7-12/h11-13H,1,4-9H2,2-3H3/t11-/m0/s1. The van der Waals surface area contributed by atoms with Crippen LogP contribution >= 0.6 is 0 Å². The van der Waals surface area contributed by atoms with Gasteiger partial charge in [0.15, 0.2) is 0 Å². The fraction of sp³-hybridized carbons (Fsp3) is 0.833. The quantitative estimate of drug-likeness (QED) is 0.643. The van der Waals surface area contributed by atoms with Gasteiger partial charge in [0.05, 0.1) is 0 Å². The molecular weight excluding hydrogens is 158 g/mol. The maximum Gasteiger partial charge on any atom is 0.00671 e. The van der Waals surface area contributed by atoms with Gasteiger partial charge in [-0.25, -0.2) is 0 Å². The zero-order valence-electron chi connectivity index (χ0n) is 9.10. The molecule has 1 aliphatic carbocycles. The molecule has 0 bridgehead atoms. The molecule has 0 aromatic heterocycles. The topological polar surface area (TPSA) is 12.0 Å². The Morgan fingerprint density at radius 2 is 2.08 bits per heavy atom. The van der Waals surface area contributed by atoms with Crippen molar-refractivity contribution in [1.82, 2.24) is 5.32 Å². The molecule has 1 atom stereocenters. The SMILES string of the molecule is C=C(C)CCN[C@@H](C)C1CCCC1. The van der Waals surface area contributed by atoms with Gasteiger partial charge in [-0.05, 0) is 45.6 Å². The number of nitrogens with one attached hydrogen (secondary N) is 1. The van der Waals surface area contributed by atoms with Gasteiger partial charge in [-0.2, -0.15) is 0 Å². The molecule has 76 valence electrons. The second-order valence-corrected chi connectivity index (χ2v) is 4.49. The van der Waals surface area contributed by atoms with Crippen molar-refractivity contribution >= 4 is 0 Å². The van der Waals surface area contributed by atoms with Gasteiger partial charge in [-0.3, -0.25) is 0 Å². The molecule has 1 nitrogen and oxygen atoms in total. The molecule has 0 spiro atoms. The molecule has 0 saturated heterocycles. The van der Waals surface area contributed by atoms with E-state index in [1.165, 1.54) is 31.3 Å². The van der Waals surface area contributed by atoms with E-state index in [0.717, 1.165) is 18.9 Å². The maximum atomic E-state index is 3.91. The molecule has 0 aliphatic heterocycles. The predicted octanol–water partition coefficient (Wildman–Crippen LogP) is 3.12. The van der Waals surface area contributed by atoms with Crippen molar-refractivity contribution in [2.45, 2.75) is 52.0 Å². The Hall–Kier alpha value is -0.300. The molecule has 1 heteroatoms. The molecule has 0 heterocycles. The van der Waals surface area contributed by atoms with Crippen LogP contribution in [0.1, 0.15) is 46.0 Å². The van der Waals surface area contributed by atoms with Crippen LogP contribution in [0.5, 0.6) is 0 Å². The first-order valence-electron chi connectivity index (χ1n) is 5.58. The molecule has 0 aromatic carbocycles. The molecule has 13 heavy (non-hydrogen) atoms. The highest BCUT2D eigenvalue weighted by Crippen LogP contribution is 2.27. The summed E-state index contributed by atoms with van der Waals surface area (Å²) in [5.41, 5.74) is 1.28. The highest BCUT2D eigenvalue weighted by molar-refractivity contribution is 4.89. The maximum absolute atomic E-state index is 3.91. The Kier molecular flexibility index (Phi) is 4.51. The minimum Gasteiger partial charge on any atom is -0.314 e. The van der Waals surface area contributed by atoms with Crippen molar-refractivity contribution in [3.63, 3.8) is 0 Å². The largest absolute Gasteiger partial charge is 0.314 e. The number of hydrogen-bond acceptors (Lipinski definition) is 1. The number of hydrogen-bond donors (Lipinski definition) is 1. The van der Waals surface area contributed by atoms with E-state index in [4.69, 9.17) is 0 Å². The van der Waals surface area contributed by atoms with E-state index in [1.807, 2.05) is 0 Å². The van der Waals surface area contributed by atoms with Gasteiger partial charge in [0, 0.05) is 6.04 Å². The summed E-state index contributed by atoms with van der Waals surface area (Å²) >= 11 is 0. The Morgan fingerprint density at radius 3 is 2.62 bits per heavy atom. The minimum absolute atomic E-state index is 0.710. The first-order chi connectivity index (χ1) is 6.20. The molecule has 0 unspecified atom stereocenters. The van der Waals surface area contributed by atoms with Crippen LogP contribution in [0.3, 0.4) is 0 Å². The third-order valence-corrected chi connectivity index (χ3v) is 3.13. The third kappa shape index (κ3) is 3.95. The first-order valence-corrected chi connectivity index (χ1v) is 5.58. The summed E-state index contributed by atoms with van der Waals surface area (Å²) in [6.45, 7) is 9.44. The predicted molar refractivity (Wildman–Crippen MR) is 58.9 cm³/mol. The zero-order chi connectivity index (χ0) is 9.68. The fourth-order valence-corrected chi connectivity index (χ4v) is 2.14. The molecule has 0 amide bonds. The summed E-state index contributed by atoms with van der Waals surface area (Å²) in [5, 5.41) is 3.60. The van der Waals surface area contributed by atoms with Crippen molar-refractivity contribution in [3.8, 4) is 0 Å². The lowest BCUT2D eigenvalue weighted by molar-refractivity contribution is 0.384. The van der Waals surface area contributed by atoms with Crippen LogP contribution in [0.25, 0.3) is 0 Å². The highest BCUT2D eigenvalue weighted by Gasteiger charge is 2.20. The average molecular weight is 181 g/mol. The van der Waals surface area contributed by atoms with Crippen LogP contribution in [0.4, 0.5) is 0 Å². The van der Waals surface area contributed by atoms with E-state index in [-0.39, 0.29) is 0 Å². The van der Waals surface area contributed by atoms with Crippen LogP contribution in [0.2, 0.25) is 0 Å². The third-order valence-electron chi connectivity index (χ3n) is 3.13. The lowest BCUT2D eigenvalue weighted by Crippen LogP contribution is -2.32. The van der Waals surface area contributed by atoms with Gasteiger partial charge in [-0.1, -0.05) is 18.4 Å². The fourth-order valence-electron chi connectivity index (χ4n) is 2.14. The lowest BCUT2D eigenvalue weighted by Gasteiger charge is -2.20. The van der Waals surface area contributed by atoms with E-state index in [0.29, 0.717) is 6.04 Å². The smallest absolute Gasteiger partial charge is 0.00671 e. The van der Waals surface area contributed by atoms with Gasteiger partial charge in [0.1, 0.15) is 0 Å². The molecule has 1 fully saturated rings. The normalized spacial score (nSPS) is 20.5. The van der Waals surface area contributed by atoms with Crippen LogP contribution in [-0.4, -0.2) is 12.6 Å². The van der Waals surface area contributed by atoms with Crippen LogP contribution in [0.15, 0.2) is 12.2 Å². The van der Waals surface area contributed by atoms with Crippen molar-refractivity contribution in [2.24, 2.45) is 5.92 Å². The second kappa shape index (κ2) is 5.43. The second-order valence-electron chi connectivity index (χ2n) is 4.49. The number of rotatable bonds is 5. The highest BCUT2D eigenvalue weighted by atomic mass is 14.9. The van der Waals surface area contributed by atoms with Crippen molar-refractivity contribution < 1.29 is 0 Å². The van der Waals surface area contributed by atoms with E-state index < -0.39 is 0 Å². The summed E-state index contributed by atoms with van der Waals surface area (Å²) in [6.07, 6.45) is 6.87. The first kappa shape index (κ1) is 10.8. The van der Waals surface area contributed by atoms with Gasteiger partial charge in [0.2, 0.25) is 0 Å². The Bertz CT molecular complexity index is 157. The molecule has 1 N–H and O–H groups in total. The summed E-state index contributed by atoms with van der Waals surface area (Å²) in [7, 11) is 0. The monoisotopic (exact) mass is 181 g/mol. The van der Waals surface area contributed by atoms with E-state index in [9.17, 15) is 0 Å². The summed E-state index contributed by atoms with van der Waals surface area (Å²) in [6, 6.07) is 0.710. The van der Waals surface area contributed by atoms with Gasteiger partial charge < -0.3 is 5.32 Å². The molecule has 1 rings (SSSR count). The van der Waals surface area contributed by atoms with Crippen molar-refractivity contribution in [3.05, 3.63) is 12.2 Å². The molecule has 1 saturated carbocycles. The molecule has 0 radical (unpaired) electrons. The lowest BCUT2D eigenvalue weighted by atomic mass is 10.00. The van der Waals surface area contributed by atoms with Gasteiger partial charge in [0.25, 0.3) is 0 Å². The van der Waals surface area contributed by atoms with Crippen LogP contribution < -0.4 is 5.32 Å². The molecular formula is C12H23N. The van der Waals surface area contributed by atoms with Gasteiger partial charge >= 0.3 is 0 Å². The molecule has 0 aromatic rings. The van der Waals surface area contributed by atoms with E-state index in [2.05, 4.69) is 25.7 Å². The zero-order valence-corrected chi connectivity index (χ0v) is 9.10. The van der Waals surface area contributed by atoms with Crippen LogP contribution in [0, 0.1) is 5.92 Å². The van der Waals surface area contributed by atoms with Crippen LogP contribution in [-0.2, 0) is 0 Å². The van der Waals surface area contributed by atoms with E-state index >= 15 is 0 Å². The average Bonchev–Trinajstić information content (AvgIpc) is 2.55. The Balaban J connectivity index is 2.09. The molecule has 1 aliphatic rings. The Labute approximate surface area is 82.6 Å². The Morgan fingerprint density at radius 1 is 1.46 bits per heavy atom. The van der Waals surface area contributed by atoms with Crippen molar-refractivity contribution in [1.29, 1.82) is 0 Å². The summed E-state index contributed by atoms with van der Waals surface area (Å²) in [5.74, 6) is 0.935. The van der Waals surface area contributed by atoms with Gasteiger partial charge in [-0.15, -0.1) is 6.58 Å².